The van der Waals surface area contributed by atoms with Crippen molar-refractivity contribution in [2.75, 3.05) is 7.11 Å². The number of hydrogen-bond acceptors (Lipinski definition) is 5. The highest BCUT2D eigenvalue weighted by atomic mass is 16.5. The molecule has 35 heavy (non-hydrogen) atoms. The summed E-state index contributed by atoms with van der Waals surface area (Å²) < 4.78 is 5.51. The molecule has 0 bridgehead atoms. The molecule has 2 saturated heterocycles. The number of benzene rings is 3. The fourth-order valence-electron chi connectivity index (χ4n) is 5.95. The number of ether oxygens (including phenoxy) is 1. The van der Waals surface area contributed by atoms with Crippen molar-refractivity contribution in [1.82, 2.24) is 15.6 Å². The number of carboxylic acid groups (broad SMARTS) is 1. The highest BCUT2D eigenvalue weighted by molar-refractivity contribution is 6.10. The zero-order chi connectivity index (χ0) is 24.3. The van der Waals surface area contributed by atoms with Crippen LogP contribution in [0.4, 0.5) is 0 Å². The number of imide groups is 1. The van der Waals surface area contributed by atoms with Crippen LogP contribution >= 0.6 is 0 Å². The number of fused-ring (bicyclic) bond motifs is 3. The third kappa shape index (κ3) is 2.99. The predicted octanol–water partition coefficient (Wildman–Crippen LogP) is 2.93. The Balaban J connectivity index is 1.53. The number of aromatic nitrogens is 1. The van der Waals surface area contributed by atoms with Gasteiger partial charge in [-0.15, -0.1) is 0 Å². The molecule has 0 spiro atoms. The molecule has 0 aliphatic carbocycles. The molecule has 3 aromatic carbocycles. The first-order chi connectivity index (χ1) is 16.9. The van der Waals surface area contributed by atoms with E-state index < -0.39 is 41.2 Å². The summed E-state index contributed by atoms with van der Waals surface area (Å²) in [5.41, 5.74) is 0.726. The molecule has 4 N–H and O–H groups in total. The number of hydrogen-bond donors (Lipinski definition) is 4. The summed E-state index contributed by atoms with van der Waals surface area (Å²) in [4.78, 5) is 42.2. The molecule has 0 saturated carbocycles. The first-order valence-corrected chi connectivity index (χ1v) is 11.4. The summed E-state index contributed by atoms with van der Waals surface area (Å²) in [6, 6.07) is 18.2. The third-order valence-corrected chi connectivity index (χ3v) is 7.49. The maximum Gasteiger partial charge on any atom is 0.325 e. The predicted molar refractivity (Wildman–Crippen MR) is 129 cm³/mol. The van der Waals surface area contributed by atoms with Gasteiger partial charge in [0, 0.05) is 34.9 Å². The molecule has 6 rings (SSSR count). The minimum atomic E-state index is -1.67. The minimum Gasteiger partial charge on any atom is -0.496 e. The van der Waals surface area contributed by atoms with E-state index in [1.807, 2.05) is 60.7 Å². The molecule has 2 aliphatic heterocycles. The van der Waals surface area contributed by atoms with E-state index in [-0.39, 0.29) is 6.42 Å². The molecular formula is C27H23N3O5. The number of H-pyrrole nitrogens is 1. The van der Waals surface area contributed by atoms with Crippen molar-refractivity contribution < 1.29 is 24.2 Å². The lowest BCUT2D eigenvalue weighted by Gasteiger charge is -2.30. The second-order valence-electron chi connectivity index (χ2n) is 9.19. The Labute approximate surface area is 200 Å². The number of methoxy groups -OCH3 is 1. The van der Waals surface area contributed by atoms with Crippen LogP contribution in [0.25, 0.3) is 21.7 Å². The number of aliphatic carboxylic acids is 1. The molecule has 8 nitrogen and oxygen atoms in total. The van der Waals surface area contributed by atoms with Crippen molar-refractivity contribution in [2.45, 2.75) is 18.0 Å². The third-order valence-electron chi connectivity index (χ3n) is 7.49. The topological polar surface area (TPSA) is 121 Å². The number of nitrogens with one attached hydrogen (secondary N) is 3. The smallest absolute Gasteiger partial charge is 0.325 e. The lowest BCUT2D eigenvalue weighted by atomic mass is 9.76. The SMILES string of the molecule is COc1ccc(C2NC(Cc3c[nH]c4ccccc34)(C(=O)O)C3C(=O)NC(=O)C23)c2ccccc12. The van der Waals surface area contributed by atoms with Gasteiger partial charge in [-0.1, -0.05) is 48.5 Å². The fourth-order valence-corrected chi connectivity index (χ4v) is 5.95. The molecule has 1 aromatic heterocycles. The van der Waals surface area contributed by atoms with Crippen LogP contribution in [0.2, 0.25) is 0 Å². The monoisotopic (exact) mass is 469 g/mol. The standard InChI is InChI=1S/C27H23N3O5/c1-35-20-11-10-18(16-7-2-3-8-17(16)20)23-21-22(25(32)29-24(21)31)27(30-23,26(33)34)12-14-13-28-19-9-5-4-6-15(14)19/h2-11,13,21-23,28,30H,12H2,1H3,(H,33,34)(H,29,31,32). The normalized spacial score (nSPS) is 25.7. The van der Waals surface area contributed by atoms with Crippen molar-refractivity contribution in [3.8, 4) is 5.75 Å². The van der Waals surface area contributed by atoms with Gasteiger partial charge >= 0.3 is 5.97 Å². The van der Waals surface area contributed by atoms with Crippen LogP contribution in [0.1, 0.15) is 17.2 Å². The van der Waals surface area contributed by atoms with E-state index >= 15 is 0 Å². The van der Waals surface area contributed by atoms with Gasteiger partial charge in [-0.05, 0) is 28.6 Å². The molecule has 8 heteroatoms. The summed E-state index contributed by atoms with van der Waals surface area (Å²) in [5, 5.41) is 18.8. The summed E-state index contributed by atoms with van der Waals surface area (Å²) in [6.45, 7) is 0. The van der Waals surface area contributed by atoms with Crippen LogP contribution in [0.3, 0.4) is 0 Å². The molecule has 176 valence electrons. The Morgan fingerprint density at radius 1 is 0.971 bits per heavy atom. The van der Waals surface area contributed by atoms with Crippen LogP contribution in [0.5, 0.6) is 5.75 Å². The first-order valence-electron chi connectivity index (χ1n) is 11.4. The van der Waals surface area contributed by atoms with Gasteiger partial charge in [0.25, 0.3) is 0 Å². The number of carbonyl (C=O) groups excluding carboxylic acids is 2. The average molecular weight is 469 g/mol. The van der Waals surface area contributed by atoms with Gasteiger partial charge in [-0.2, -0.15) is 0 Å². The minimum absolute atomic E-state index is 0.0405. The van der Waals surface area contributed by atoms with Crippen LogP contribution in [-0.2, 0) is 20.8 Å². The highest BCUT2D eigenvalue weighted by Gasteiger charge is 2.66. The van der Waals surface area contributed by atoms with Crippen LogP contribution in [0.15, 0.2) is 66.9 Å². The maximum atomic E-state index is 13.1. The molecule has 3 heterocycles. The van der Waals surface area contributed by atoms with E-state index in [4.69, 9.17) is 4.74 Å². The van der Waals surface area contributed by atoms with Gasteiger partial charge in [-0.25, -0.2) is 0 Å². The van der Waals surface area contributed by atoms with Crippen molar-refractivity contribution in [2.24, 2.45) is 11.8 Å². The summed E-state index contributed by atoms with van der Waals surface area (Å²) in [5.74, 6) is -3.43. The van der Waals surface area contributed by atoms with Gasteiger partial charge in [0.2, 0.25) is 11.8 Å². The molecule has 4 aromatic rings. The lowest BCUT2D eigenvalue weighted by molar-refractivity contribution is -0.149. The second kappa shape index (κ2) is 7.68. The van der Waals surface area contributed by atoms with Crippen LogP contribution in [-0.4, -0.2) is 40.5 Å². The van der Waals surface area contributed by atoms with E-state index in [9.17, 15) is 19.5 Å². The van der Waals surface area contributed by atoms with Crippen molar-refractivity contribution in [3.05, 3.63) is 78.0 Å². The fraction of sp³-hybridized carbons (Fsp3) is 0.222. The zero-order valence-corrected chi connectivity index (χ0v) is 18.9. The highest BCUT2D eigenvalue weighted by Crippen LogP contribution is 2.49. The zero-order valence-electron chi connectivity index (χ0n) is 18.9. The Bertz CT molecular complexity index is 1530. The van der Waals surface area contributed by atoms with Gasteiger partial charge in [0.05, 0.1) is 18.9 Å². The van der Waals surface area contributed by atoms with Gasteiger partial charge in [-0.3, -0.25) is 25.0 Å². The van der Waals surface area contributed by atoms with E-state index in [2.05, 4.69) is 15.6 Å². The summed E-state index contributed by atoms with van der Waals surface area (Å²) in [7, 11) is 1.59. The molecule has 2 amide bonds. The van der Waals surface area contributed by atoms with Crippen molar-refractivity contribution >= 4 is 39.5 Å². The van der Waals surface area contributed by atoms with Gasteiger partial charge in [0.1, 0.15) is 11.3 Å². The van der Waals surface area contributed by atoms with E-state index in [1.165, 1.54) is 0 Å². The van der Waals surface area contributed by atoms with E-state index in [0.717, 1.165) is 32.8 Å². The Kier molecular flexibility index (Phi) is 4.69. The average Bonchev–Trinajstić information content (AvgIpc) is 3.52. The molecular weight excluding hydrogens is 446 g/mol. The second-order valence-corrected chi connectivity index (χ2v) is 9.19. The number of para-hydroxylation sites is 1. The first kappa shape index (κ1) is 21.4. The quantitative estimate of drug-likeness (QED) is 0.334. The van der Waals surface area contributed by atoms with Crippen molar-refractivity contribution in [1.29, 1.82) is 0 Å². The van der Waals surface area contributed by atoms with E-state index in [1.54, 1.807) is 13.3 Å². The van der Waals surface area contributed by atoms with Crippen molar-refractivity contribution in [3.63, 3.8) is 0 Å². The summed E-state index contributed by atoms with van der Waals surface area (Å²) >= 11 is 0. The van der Waals surface area contributed by atoms with Gasteiger partial charge in [0.15, 0.2) is 0 Å². The number of rotatable bonds is 5. The molecule has 0 radical (unpaired) electrons. The molecule has 2 aliphatic rings. The Morgan fingerprint density at radius 2 is 1.69 bits per heavy atom. The molecule has 4 atom stereocenters. The van der Waals surface area contributed by atoms with Gasteiger partial charge < -0.3 is 14.8 Å². The largest absolute Gasteiger partial charge is 0.496 e. The molecule has 2 fully saturated rings. The summed E-state index contributed by atoms with van der Waals surface area (Å²) in [6.07, 6.45) is 1.82. The number of carbonyl (C=O) groups is 3. The van der Waals surface area contributed by atoms with Crippen LogP contribution in [0, 0.1) is 11.8 Å². The van der Waals surface area contributed by atoms with Crippen LogP contribution < -0.4 is 15.4 Å². The lowest BCUT2D eigenvalue weighted by Crippen LogP contribution is -2.57. The number of carboxylic acids is 1. The Hall–Kier alpha value is -4.17. The molecule has 4 unspecified atom stereocenters. The Morgan fingerprint density at radius 3 is 2.43 bits per heavy atom. The van der Waals surface area contributed by atoms with E-state index in [0.29, 0.717) is 5.75 Å². The number of amides is 2. The number of aromatic amines is 1. The maximum absolute atomic E-state index is 13.1.